The Balaban J connectivity index is 1.70. The highest BCUT2D eigenvalue weighted by atomic mass is 35.5. The summed E-state index contributed by atoms with van der Waals surface area (Å²) in [5.41, 5.74) is 1.32. The van der Waals surface area contributed by atoms with Gasteiger partial charge in [0.05, 0.1) is 5.02 Å². The fourth-order valence-corrected chi connectivity index (χ4v) is 3.08. The molecule has 1 N–H and O–H groups in total. The molecule has 1 saturated carbocycles. The number of aromatic nitrogens is 1. The molecule has 21 heavy (non-hydrogen) atoms. The van der Waals surface area contributed by atoms with Crippen LogP contribution in [-0.2, 0) is 6.54 Å². The zero-order valence-corrected chi connectivity index (χ0v) is 14.0. The number of pyridine rings is 1. The molecule has 0 unspecified atom stereocenters. The lowest BCUT2D eigenvalue weighted by Crippen LogP contribution is -2.58. The van der Waals surface area contributed by atoms with Gasteiger partial charge in [0.15, 0.2) is 0 Å². The molecule has 2 aliphatic rings. The van der Waals surface area contributed by atoms with Crippen molar-refractivity contribution in [3.63, 3.8) is 0 Å². The molecule has 5 heteroatoms. The molecule has 2 heterocycles. The number of anilines is 1. The lowest BCUT2D eigenvalue weighted by atomic mass is 10.00. The van der Waals surface area contributed by atoms with Crippen molar-refractivity contribution in [2.45, 2.75) is 44.8 Å². The Morgan fingerprint density at radius 1 is 1.38 bits per heavy atom. The topological polar surface area (TPSA) is 31.4 Å². The average molecular weight is 309 g/mol. The zero-order chi connectivity index (χ0) is 15.0. The van der Waals surface area contributed by atoms with Crippen molar-refractivity contribution in [3.05, 3.63) is 22.8 Å². The van der Waals surface area contributed by atoms with Crippen LogP contribution in [0.1, 0.15) is 32.3 Å². The lowest BCUT2D eigenvalue weighted by molar-refractivity contribution is 0.138. The van der Waals surface area contributed by atoms with Crippen LogP contribution in [0.5, 0.6) is 0 Å². The SMILES string of the molecule is CN1CCN(c2ncc(CNC3CC3)cc2Cl)CC1(C)C. The third-order valence-electron chi connectivity index (χ3n) is 4.67. The first kappa shape index (κ1) is 15.1. The summed E-state index contributed by atoms with van der Waals surface area (Å²) in [5.74, 6) is 0.924. The van der Waals surface area contributed by atoms with Gasteiger partial charge in [0.25, 0.3) is 0 Å². The Hall–Kier alpha value is -0.840. The maximum absolute atomic E-state index is 6.48. The first-order valence-electron chi connectivity index (χ1n) is 7.80. The second-order valence-corrected chi connectivity index (χ2v) is 7.37. The van der Waals surface area contributed by atoms with Crippen LogP contribution in [0, 0.1) is 0 Å². The van der Waals surface area contributed by atoms with Gasteiger partial charge in [-0.2, -0.15) is 0 Å². The van der Waals surface area contributed by atoms with Crippen molar-refractivity contribution in [3.8, 4) is 0 Å². The quantitative estimate of drug-likeness (QED) is 0.926. The molecule has 0 spiro atoms. The van der Waals surface area contributed by atoms with Gasteiger partial charge >= 0.3 is 0 Å². The summed E-state index contributed by atoms with van der Waals surface area (Å²) in [4.78, 5) is 9.33. The fraction of sp³-hybridized carbons (Fsp3) is 0.688. The lowest BCUT2D eigenvalue weighted by Gasteiger charge is -2.45. The molecule has 0 aromatic carbocycles. The molecule has 4 nitrogen and oxygen atoms in total. The molecule has 0 atom stereocenters. The fourth-order valence-electron chi connectivity index (χ4n) is 2.77. The number of rotatable bonds is 4. The molecule has 0 radical (unpaired) electrons. The Morgan fingerprint density at radius 3 is 2.76 bits per heavy atom. The van der Waals surface area contributed by atoms with E-state index >= 15 is 0 Å². The van der Waals surface area contributed by atoms with Crippen LogP contribution in [-0.4, -0.2) is 48.1 Å². The smallest absolute Gasteiger partial charge is 0.147 e. The van der Waals surface area contributed by atoms with Gasteiger partial charge < -0.3 is 10.2 Å². The predicted octanol–water partition coefficient (Wildman–Crippen LogP) is 2.52. The molecule has 116 valence electrons. The highest BCUT2D eigenvalue weighted by Gasteiger charge is 2.32. The molecule has 1 aromatic heterocycles. The van der Waals surface area contributed by atoms with E-state index in [-0.39, 0.29) is 5.54 Å². The van der Waals surface area contributed by atoms with E-state index in [1.807, 2.05) is 6.20 Å². The van der Waals surface area contributed by atoms with E-state index in [1.54, 1.807) is 0 Å². The van der Waals surface area contributed by atoms with Crippen molar-refractivity contribution in [1.82, 2.24) is 15.2 Å². The molecule has 1 aliphatic carbocycles. The molecule has 0 bridgehead atoms. The molecule has 3 rings (SSSR count). The standard InChI is InChI=1S/C16H25ClN4/c1-16(2)11-21(7-6-20(16)3)15-14(17)8-12(10-19-15)9-18-13-4-5-13/h8,10,13,18H,4-7,9,11H2,1-3H3. The number of hydrogen-bond donors (Lipinski definition) is 1. The number of halogens is 1. The van der Waals surface area contributed by atoms with Gasteiger partial charge in [-0.15, -0.1) is 0 Å². The Morgan fingerprint density at radius 2 is 2.14 bits per heavy atom. The average Bonchev–Trinajstić information content (AvgIpc) is 3.24. The number of hydrogen-bond acceptors (Lipinski definition) is 4. The minimum absolute atomic E-state index is 0.148. The summed E-state index contributed by atoms with van der Waals surface area (Å²) >= 11 is 6.48. The second kappa shape index (κ2) is 5.75. The van der Waals surface area contributed by atoms with E-state index < -0.39 is 0 Å². The van der Waals surface area contributed by atoms with E-state index in [0.717, 1.165) is 37.0 Å². The maximum atomic E-state index is 6.48. The number of piperazine rings is 1. The molecule has 1 saturated heterocycles. The summed E-state index contributed by atoms with van der Waals surface area (Å²) < 4.78 is 0. The van der Waals surface area contributed by atoms with Crippen LogP contribution < -0.4 is 10.2 Å². The largest absolute Gasteiger partial charge is 0.352 e. The minimum atomic E-state index is 0.148. The summed E-state index contributed by atoms with van der Waals surface area (Å²) in [6, 6.07) is 2.77. The molecule has 2 fully saturated rings. The van der Waals surface area contributed by atoms with Gasteiger partial charge in [-0.3, -0.25) is 4.90 Å². The van der Waals surface area contributed by atoms with Crippen molar-refractivity contribution in [2.75, 3.05) is 31.6 Å². The van der Waals surface area contributed by atoms with Gasteiger partial charge in [0, 0.05) is 44.0 Å². The number of likely N-dealkylation sites (N-methyl/N-ethyl adjacent to an activating group) is 1. The Kier molecular flexibility index (Phi) is 4.12. The van der Waals surface area contributed by atoms with Gasteiger partial charge in [0.1, 0.15) is 5.82 Å². The highest BCUT2D eigenvalue weighted by Crippen LogP contribution is 2.29. The molecule has 0 amide bonds. The van der Waals surface area contributed by atoms with E-state index in [0.29, 0.717) is 6.04 Å². The molecular weight excluding hydrogens is 284 g/mol. The van der Waals surface area contributed by atoms with E-state index in [1.165, 1.54) is 18.4 Å². The maximum Gasteiger partial charge on any atom is 0.147 e. The predicted molar refractivity (Wildman–Crippen MR) is 88.0 cm³/mol. The van der Waals surface area contributed by atoms with Crippen LogP contribution in [0.25, 0.3) is 0 Å². The summed E-state index contributed by atoms with van der Waals surface area (Å²) in [5, 5.41) is 4.27. The van der Waals surface area contributed by atoms with Crippen molar-refractivity contribution >= 4 is 17.4 Å². The minimum Gasteiger partial charge on any atom is -0.352 e. The van der Waals surface area contributed by atoms with Crippen LogP contribution in [0.4, 0.5) is 5.82 Å². The third kappa shape index (κ3) is 3.50. The van der Waals surface area contributed by atoms with Gasteiger partial charge in [-0.1, -0.05) is 11.6 Å². The number of nitrogens with one attached hydrogen (secondary N) is 1. The first-order valence-corrected chi connectivity index (χ1v) is 8.17. The van der Waals surface area contributed by atoms with Crippen molar-refractivity contribution in [1.29, 1.82) is 0 Å². The summed E-state index contributed by atoms with van der Waals surface area (Å²) in [6.45, 7) is 8.37. The molecular formula is C16H25ClN4. The third-order valence-corrected chi connectivity index (χ3v) is 4.94. The summed E-state index contributed by atoms with van der Waals surface area (Å²) in [6.07, 6.45) is 4.56. The van der Waals surface area contributed by atoms with E-state index in [2.05, 4.69) is 47.1 Å². The first-order chi connectivity index (χ1) is 9.95. The highest BCUT2D eigenvalue weighted by molar-refractivity contribution is 6.33. The van der Waals surface area contributed by atoms with Crippen molar-refractivity contribution < 1.29 is 0 Å². The van der Waals surface area contributed by atoms with Crippen LogP contribution in [0.3, 0.4) is 0 Å². The zero-order valence-electron chi connectivity index (χ0n) is 13.2. The second-order valence-electron chi connectivity index (χ2n) is 6.96. The van der Waals surface area contributed by atoms with E-state index in [9.17, 15) is 0 Å². The van der Waals surface area contributed by atoms with Gasteiger partial charge in [-0.05, 0) is 45.4 Å². The molecule has 1 aromatic rings. The Bertz CT molecular complexity index is 513. The number of nitrogens with zero attached hydrogens (tertiary/aromatic N) is 3. The summed E-state index contributed by atoms with van der Waals surface area (Å²) in [7, 11) is 2.18. The van der Waals surface area contributed by atoms with E-state index in [4.69, 9.17) is 11.6 Å². The molecule has 1 aliphatic heterocycles. The van der Waals surface area contributed by atoms with Crippen LogP contribution in [0.15, 0.2) is 12.3 Å². The van der Waals surface area contributed by atoms with Gasteiger partial charge in [-0.25, -0.2) is 4.98 Å². The normalized spacial score (nSPS) is 22.6. The van der Waals surface area contributed by atoms with Crippen LogP contribution >= 0.6 is 11.6 Å². The van der Waals surface area contributed by atoms with Crippen molar-refractivity contribution in [2.24, 2.45) is 0 Å². The van der Waals surface area contributed by atoms with Gasteiger partial charge in [0.2, 0.25) is 0 Å². The Labute approximate surface area is 132 Å². The monoisotopic (exact) mass is 308 g/mol. The van der Waals surface area contributed by atoms with Crippen LogP contribution in [0.2, 0.25) is 5.02 Å².